The molecule has 0 radical (unpaired) electrons. The second kappa shape index (κ2) is 3.70. The van der Waals surface area contributed by atoms with Gasteiger partial charge in [0.2, 0.25) is 0 Å². The topological polar surface area (TPSA) is 0 Å². The monoisotopic (exact) mass is 170 g/mol. The van der Waals surface area contributed by atoms with Crippen LogP contribution in [0.25, 0.3) is 0 Å². The van der Waals surface area contributed by atoms with Gasteiger partial charge in [0.25, 0.3) is 0 Å². The summed E-state index contributed by atoms with van der Waals surface area (Å²) in [6.07, 6.45) is 3.94. The number of allylic oxidation sites excluding steroid dienone is 1. The quantitative estimate of drug-likeness (QED) is 0.472. The summed E-state index contributed by atoms with van der Waals surface area (Å²) >= 11 is 0. The molecule has 0 bridgehead atoms. The predicted molar refractivity (Wildman–Crippen MR) is 54.7 cm³/mol. The maximum absolute atomic E-state index is 13.3. The molecule has 0 nitrogen and oxygen atoms in total. The van der Waals surface area contributed by atoms with Gasteiger partial charge in [-0.05, 0) is 24.5 Å². The second-order valence-corrected chi connectivity index (χ2v) is 3.34. The fraction of sp³-hybridized carbons (Fsp3) is 0.273. The van der Waals surface area contributed by atoms with Crippen LogP contribution < -0.4 is 0 Å². The van der Waals surface area contributed by atoms with Crippen molar-refractivity contribution in [3.05, 3.63) is 48.3 Å². The third-order valence-electron chi connectivity index (χ3n) is 2.59. The summed E-state index contributed by atoms with van der Waals surface area (Å²) in [7, 11) is 0. The molecular formula is C11H12FLi. The number of rotatable bonds is 2. The molecule has 0 heterocycles. The van der Waals surface area contributed by atoms with Gasteiger partial charge in [-0.2, -0.15) is 0 Å². The minimum absolute atomic E-state index is 0. The summed E-state index contributed by atoms with van der Waals surface area (Å²) in [6, 6.07) is 6.96. The zero-order valence-corrected chi connectivity index (χ0v) is 6.89. The van der Waals surface area contributed by atoms with Crippen molar-refractivity contribution in [2.75, 3.05) is 0 Å². The summed E-state index contributed by atoms with van der Waals surface area (Å²) in [4.78, 5) is 0. The van der Waals surface area contributed by atoms with Crippen LogP contribution in [0.3, 0.4) is 0 Å². The molecule has 0 N–H and O–H groups in total. The van der Waals surface area contributed by atoms with Crippen LogP contribution in [0.1, 0.15) is 18.4 Å². The third-order valence-corrected chi connectivity index (χ3v) is 2.59. The van der Waals surface area contributed by atoms with Crippen LogP contribution in [0, 0.1) is 5.82 Å². The van der Waals surface area contributed by atoms with Gasteiger partial charge in [0.15, 0.2) is 0 Å². The minimum atomic E-state index is -0.102. The summed E-state index contributed by atoms with van der Waals surface area (Å²) in [5.74, 6) is -0.102. The molecule has 0 saturated heterocycles. The van der Waals surface area contributed by atoms with Crippen molar-refractivity contribution in [3.8, 4) is 0 Å². The van der Waals surface area contributed by atoms with Gasteiger partial charge in [-0.25, -0.2) is 4.39 Å². The van der Waals surface area contributed by atoms with E-state index in [9.17, 15) is 4.39 Å². The molecule has 0 unspecified atom stereocenters. The molecule has 1 aliphatic rings. The normalized spacial score (nSPS) is 17.3. The van der Waals surface area contributed by atoms with E-state index < -0.39 is 0 Å². The van der Waals surface area contributed by atoms with E-state index in [1.54, 1.807) is 6.07 Å². The molecular weight excluding hydrogens is 158 g/mol. The number of hydrogen-bond donors (Lipinski definition) is 0. The van der Waals surface area contributed by atoms with Crippen LogP contribution in [0.4, 0.5) is 4.39 Å². The molecule has 2 heteroatoms. The Morgan fingerprint density at radius 3 is 2.38 bits per heavy atom. The van der Waals surface area contributed by atoms with Gasteiger partial charge in [-0.3, -0.25) is 0 Å². The van der Waals surface area contributed by atoms with Gasteiger partial charge >= 0.3 is 18.9 Å². The molecule has 64 valence electrons. The summed E-state index contributed by atoms with van der Waals surface area (Å²) < 4.78 is 13.3. The Hall–Kier alpha value is -0.513. The van der Waals surface area contributed by atoms with E-state index in [-0.39, 0.29) is 30.1 Å². The zero-order chi connectivity index (χ0) is 8.60. The van der Waals surface area contributed by atoms with Crippen molar-refractivity contribution in [1.29, 1.82) is 0 Å². The number of halogens is 1. The van der Waals surface area contributed by atoms with E-state index in [1.807, 2.05) is 18.2 Å². The Kier molecular flexibility index (Phi) is 3.00. The molecule has 1 aromatic rings. The first kappa shape index (κ1) is 10.6. The summed E-state index contributed by atoms with van der Waals surface area (Å²) in [5.41, 5.74) is 0.769. The molecule has 1 aromatic carbocycles. The van der Waals surface area contributed by atoms with Gasteiger partial charge in [0.05, 0.1) is 0 Å². The summed E-state index contributed by atoms with van der Waals surface area (Å²) in [6.45, 7) is 3.75. The van der Waals surface area contributed by atoms with Crippen molar-refractivity contribution in [1.82, 2.24) is 0 Å². The van der Waals surface area contributed by atoms with E-state index in [2.05, 4.69) is 6.58 Å². The fourth-order valence-electron chi connectivity index (χ4n) is 1.58. The molecule has 1 fully saturated rings. The molecule has 13 heavy (non-hydrogen) atoms. The van der Waals surface area contributed by atoms with Crippen LogP contribution in [0.5, 0.6) is 0 Å². The van der Waals surface area contributed by atoms with Crippen molar-refractivity contribution in [2.45, 2.75) is 18.3 Å². The van der Waals surface area contributed by atoms with Gasteiger partial charge in [-0.15, -0.1) is 6.58 Å². The number of benzene rings is 1. The molecule has 2 rings (SSSR count). The predicted octanol–water partition coefficient (Wildman–Crippen LogP) is 2.39. The van der Waals surface area contributed by atoms with Crippen molar-refractivity contribution < 1.29 is 4.39 Å². The third kappa shape index (κ3) is 1.72. The van der Waals surface area contributed by atoms with E-state index in [1.165, 1.54) is 6.07 Å². The molecule has 1 aliphatic carbocycles. The Bertz CT molecular complexity index is 316. The van der Waals surface area contributed by atoms with Gasteiger partial charge < -0.3 is 0 Å². The Labute approximate surface area is 90.0 Å². The Morgan fingerprint density at radius 2 is 1.92 bits per heavy atom. The Morgan fingerprint density at radius 1 is 1.31 bits per heavy atom. The van der Waals surface area contributed by atoms with E-state index in [4.69, 9.17) is 0 Å². The average molecular weight is 170 g/mol. The zero-order valence-electron chi connectivity index (χ0n) is 6.89. The van der Waals surface area contributed by atoms with Crippen molar-refractivity contribution in [2.24, 2.45) is 0 Å². The SMILES string of the molecule is C=CC1(c2ccccc2F)CC1.[LiH]. The van der Waals surface area contributed by atoms with Crippen molar-refractivity contribution >= 4 is 18.9 Å². The van der Waals surface area contributed by atoms with Crippen LogP contribution in [0.15, 0.2) is 36.9 Å². The van der Waals surface area contributed by atoms with E-state index in [0.717, 1.165) is 18.4 Å². The van der Waals surface area contributed by atoms with Crippen LogP contribution in [0.2, 0.25) is 0 Å². The average Bonchev–Trinajstić information content (AvgIpc) is 2.86. The van der Waals surface area contributed by atoms with Crippen LogP contribution in [-0.4, -0.2) is 18.9 Å². The first-order valence-electron chi connectivity index (χ1n) is 4.17. The molecule has 0 atom stereocenters. The second-order valence-electron chi connectivity index (χ2n) is 3.34. The van der Waals surface area contributed by atoms with Crippen LogP contribution in [-0.2, 0) is 5.41 Å². The first-order valence-corrected chi connectivity index (χ1v) is 4.17. The maximum atomic E-state index is 13.3. The Balaban J connectivity index is 0.000000845. The van der Waals surface area contributed by atoms with Gasteiger partial charge in [0.1, 0.15) is 5.82 Å². The van der Waals surface area contributed by atoms with E-state index in [0.29, 0.717) is 0 Å². The van der Waals surface area contributed by atoms with Crippen molar-refractivity contribution in [3.63, 3.8) is 0 Å². The molecule has 0 spiro atoms. The van der Waals surface area contributed by atoms with E-state index >= 15 is 0 Å². The summed E-state index contributed by atoms with van der Waals surface area (Å²) in [5, 5.41) is 0. The molecule has 0 aromatic heterocycles. The first-order chi connectivity index (χ1) is 5.78. The molecule has 1 saturated carbocycles. The molecule has 0 amide bonds. The molecule has 0 aliphatic heterocycles. The fourth-order valence-corrected chi connectivity index (χ4v) is 1.58. The van der Waals surface area contributed by atoms with Gasteiger partial charge in [0, 0.05) is 5.41 Å². The van der Waals surface area contributed by atoms with Crippen LogP contribution >= 0.6 is 0 Å². The standard InChI is InChI=1S/C11H11F.Li.H/c1-2-11(7-8-11)9-5-3-4-6-10(9)12;;/h2-6H,1,7-8H2;;. The van der Waals surface area contributed by atoms with Gasteiger partial charge in [-0.1, -0.05) is 24.3 Å². The number of hydrogen-bond acceptors (Lipinski definition) is 0.